The van der Waals surface area contributed by atoms with Gasteiger partial charge in [0, 0.05) is 12.0 Å². The Morgan fingerprint density at radius 1 is 1.50 bits per heavy atom. The van der Waals surface area contributed by atoms with Crippen LogP contribution >= 0.6 is 0 Å². The number of aliphatic carboxylic acids is 1. The molecule has 0 spiro atoms. The molecule has 0 bridgehead atoms. The Kier molecular flexibility index (Phi) is 4.56. The van der Waals surface area contributed by atoms with E-state index in [-0.39, 0.29) is 12.3 Å². The van der Waals surface area contributed by atoms with Gasteiger partial charge in [0.25, 0.3) is 0 Å². The number of rotatable bonds is 5. The van der Waals surface area contributed by atoms with Crippen molar-refractivity contribution in [3.63, 3.8) is 0 Å². The van der Waals surface area contributed by atoms with E-state index in [4.69, 9.17) is 10.8 Å². The second-order valence-corrected chi connectivity index (χ2v) is 4.06. The molecule has 0 aliphatic carbocycles. The van der Waals surface area contributed by atoms with Crippen LogP contribution in [0.1, 0.15) is 33.6 Å². The lowest BCUT2D eigenvalue weighted by atomic mass is 9.98. The van der Waals surface area contributed by atoms with Crippen LogP contribution in [0.5, 0.6) is 0 Å². The van der Waals surface area contributed by atoms with Crippen LogP contribution in [0.25, 0.3) is 0 Å². The Morgan fingerprint density at radius 2 is 2.00 bits per heavy atom. The van der Waals surface area contributed by atoms with Crippen molar-refractivity contribution in [2.45, 2.75) is 45.2 Å². The Morgan fingerprint density at radius 3 is 2.36 bits per heavy atom. The third kappa shape index (κ3) is 5.53. The van der Waals surface area contributed by atoms with Crippen molar-refractivity contribution < 1.29 is 14.7 Å². The van der Waals surface area contributed by atoms with Gasteiger partial charge in [-0.3, -0.25) is 9.59 Å². The predicted octanol–water partition coefficient (Wildman–Crippen LogP) is 0.0932. The highest BCUT2D eigenvalue weighted by Crippen LogP contribution is 2.11. The minimum atomic E-state index is -0.867. The fraction of sp³-hybridized carbons (Fsp3) is 0.778. The van der Waals surface area contributed by atoms with Gasteiger partial charge in [0.2, 0.25) is 5.91 Å². The van der Waals surface area contributed by atoms with Crippen molar-refractivity contribution >= 4 is 11.9 Å². The largest absolute Gasteiger partial charge is 0.481 e. The summed E-state index contributed by atoms with van der Waals surface area (Å²) in [6.07, 6.45) is 0.424. The monoisotopic (exact) mass is 202 g/mol. The standard InChI is InChI=1S/C9H18N2O3/c1-6(10)8(14)11-9(2,3)5-4-7(12)13/h6H,4-5,10H2,1-3H3,(H,11,14)(H,12,13)/t6-/m1/s1. The topological polar surface area (TPSA) is 92.4 Å². The zero-order valence-electron chi connectivity index (χ0n) is 8.83. The lowest BCUT2D eigenvalue weighted by Crippen LogP contribution is -2.49. The summed E-state index contributed by atoms with van der Waals surface area (Å²) in [6.45, 7) is 5.13. The molecule has 4 N–H and O–H groups in total. The Labute approximate surface area is 83.7 Å². The van der Waals surface area contributed by atoms with E-state index in [1.54, 1.807) is 20.8 Å². The van der Waals surface area contributed by atoms with Crippen molar-refractivity contribution in [1.29, 1.82) is 0 Å². The maximum absolute atomic E-state index is 11.2. The average molecular weight is 202 g/mol. The highest BCUT2D eigenvalue weighted by molar-refractivity contribution is 5.81. The number of hydrogen-bond acceptors (Lipinski definition) is 3. The molecule has 5 heteroatoms. The van der Waals surface area contributed by atoms with Gasteiger partial charge >= 0.3 is 5.97 Å². The molecule has 0 heterocycles. The summed E-state index contributed by atoms with van der Waals surface area (Å²) in [4.78, 5) is 21.5. The van der Waals surface area contributed by atoms with Gasteiger partial charge in [-0.05, 0) is 27.2 Å². The first-order valence-electron chi connectivity index (χ1n) is 4.54. The van der Waals surface area contributed by atoms with Gasteiger partial charge in [0.15, 0.2) is 0 Å². The molecule has 0 radical (unpaired) electrons. The number of carboxylic acid groups (broad SMARTS) is 1. The fourth-order valence-electron chi connectivity index (χ4n) is 0.929. The number of hydrogen-bond donors (Lipinski definition) is 3. The molecule has 0 saturated heterocycles. The molecular formula is C9H18N2O3. The van der Waals surface area contributed by atoms with E-state index in [9.17, 15) is 9.59 Å². The van der Waals surface area contributed by atoms with Crippen LogP contribution in [-0.2, 0) is 9.59 Å². The van der Waals surface area contributed by atoms with Crippen molar-refractivity contribution in [2.75, 3.05) is 0 Å². The minimum absolute atomic E-state index is 0.0340. The van der Waals surface area contributed by atoms with Gasteiger partial charge in [-0.2, -0.15) is 0 Å². The molecule has 0 fully saturated rings. The van der Waals surface area contributed by atoms with Gasteiger partial charge in [0.05, 0.1) is 6.04 Å². The molecule has 82 valence electrons. The first-order chi connectivity index (χ1) is 6.24. The Balaban J connectivity index is 4.06. The summed E-state index contributed by atoms with van der Waals surface area (Å²) in [5.41, 5.74) is 4.85. The lowest BCUT2D eigenvalue weighted by molar-refractivity contribution is -0.137. The molecule has 0 aromatic heterocycles. The van der Waals surface area contributed by atoms with Crippen LogP contribution in [0.4, 0.5) is 0 Å². The highest BCUT2D eigenvalue weighted by Gasteiger charge is 2.22. The molecule has 0 saturated carbocycles. The number of nitrogens with one attached hydrogen (secondary N) is 1. The van der Waals surface area contributed by atoms with Crippen LogP contribution in [0.3, 0.4) is 0 Å². The van der Waals surface area contributed by atoms with E-state index < -0.39 is 17.6 Å². The summed E-state index contributed by atoms with van der Waals surface area (Å²) in [5.74, 6) is -1.13. The van der Waals surface area contributed by atoms with Crippen LogP contribution in [0, 0.1) is 0 Å². The Bertz CT molecular complexity index is 224. The lowest BCUT2D eigenvalue weighted by Gasteiger charge is -2.26. The normalized spacial score (nSPS) is 13.4. The first-order valence-corrected chi connectivity index (χ1v) is 4.54. The molecule has 1 atom stereocenters. The van der Waals surface area contributed by atoms with Crippen LogP contribution in [-0.4, -0.2) is 28.6 Å². The SMILES string of the molecule is C[C@@H](N)C(=O)NC(C)(C)CCC(=O)O. The maximum Gasteiger partial charge on any atom is 0.303 e. The third-order valence-corrected chi connectivity index (χ3v) is 1.84. The molecule has 0 aliphatic rings. The molecule has 14 heavy (non-hydrogen) atoms. The maximum atomic E-state index is 11.2. The summed E-state index contributed by atoms with van der Waals surface area (Å²) in [6, 6.07) is -0.570. The number of nitrogens with two attached hydrogens (primary N) is 1. The van der Waals surface area contributed by atoms with Gasteiger partial charge in [-0.15, -0.1) is 0 Å². The molecule has 0 rings (SSSR count). The fourth-order valence-corrected chi connectivity index (χ4v) is 0.929. The molecule has 0 aromatic carbocycles. The van der Waals surface area contributed by atoms with Gasteiger partial charge in [-0.25, -0.2) is 0 Å². The van der Waals surface area contributed by atoms with Crippen molar-refractivity contribution in [2.24, 2.45) is 5.73 Å². The zero-order chi connectivity index (χ0) is 11.4. The van der Waals surface area contributed by atoms with Crippen molar-refractivity contribution in [3.05, 3.63) is 0 Å². The molecule has 0 unspecified atom stereocenters. The molecule has 5 nitrogen and oxygen atoms in total. The highest BCUT2D eigenvalue weighted by atomic mass is 16.4. The summed E-state index contributed by atoms with van der Waals surface area (Å²) < 4.78 is 0. The van der Waals surface area contributed by atoms with Crippen molar-refractivity contribution in [3.8, 4) is 0 Å². The second-order valence-electron chi connectivity index (χ2n) is 4.06. The zero-order valence-corrected chi connectivity index (χ0v) is 8.83. The first kappa shape index (κ1) is 12.9. The second kappa shape index (κ2) is 4.95. The van der Waals surface area contributed by atoms with Gasteiger partial charge in [-0.1, -0.05) is 0 Å². The number of amides is 1. The summed E-state index contributed by atoms with van der Waals surface area (Å²) in [7, 11) is 0. The molecule has 0 aromatic rings. The smallest absolute Gasteiger partial charge is 0.303 e. The number of carbonyl (C=O) groups excluding carboxylic acids is 1. The molecular weight excluding hydrogens is 184 g/mol. The van der Waals surface area contributed by atoms with Gasteiger partial charge < -0.3 is 16.2 Å². The molecule has 1 amide bonds. The third-order valence-electron chi connectivity index (χ3n) is 1.84. The summed E-state index contributed by atoms with van der Waals surface area (Å²) >= 11 is 0. The molecule has 0 aliphatic heterocycles. The van der Waals surface area contributed by atoms with E-state index in [0.29, 0.717) is 6.42 Å². The Hall–Kier alpha value is -1.10. The van der Waals surface area contributed by atoms with Crippen LogP contribution < -0.4 is 11.1 Å². The van der Waals surface area contributed by atoms with E-state index in [0.717, 1.165) is 0 Å². The van der Waals surface area contributed by atoms with Crippen LogP contribution in [0.2, 0.25) is 0 Å². The van der Waals surface area contributed by atoms with E-state index in [1.165, 1.54) is 0 Å². The van der Waals surface area contributed by atoms with E-state index in [1.807, 2.05) is 0 Å². The van der Waals surface area contributed by atoms with Crippen molar-refractivity contribution in [1.82, 2.24) is 5.32 Å². The summed E-state index contributed by atoms with van der Waals surface area (Å²) in [5, 5.41) is 11.2. The van der Waals surface area contributed by atoms with E-state index in [2.05, 4.69) is 5.32 Å². The predicted molar refractivity (Wildman–Crippen MR) is 52.7 cm³/mol. The van der Waals surface area contributed by atoms with Crippen LogP contribution in [0.15, 0.2) is 0 Å². The number of carbonyl (C=O) groups is 2. The minimum Gasteiger partial charge on any atom is -0.481 e. The average Bonchev–Trinajstić information content (AvgIpc) is 2.00. The number of carboxylic acids is 1. The van der Waals surface area contributed by atoms with Gasteiger partial charge in [0.1, 0.15) is 0 Å². The quantitative estimate of drug-likeness (QED) is 0.589. The van der Waals surface area contributed by atoms with E-state index >= 15 is 0 Å².